The minimum Gasteiger partial charge on any atom is -0.744 e. The van der Waals surface area contributed by atoms with Crippen LogP contribution in [0.15, 0.2) is 125 Å². The standard InChI is InChI=1S/C49H62N2O4S/c1-9-10-33-50-42-25-16-15-24-40(42)48(5,6)44(50)30-26-36-20-19-21-37(46(36)55-38-22-13-11-14-23-38)27-31-45-49(7,8)41-35-39(56(52,53)54)28-29-43(41)51(45)34-18-12-17-32-47(2,3)4/h11,13-16,22-31,35H,9-10,12,17-21,32-34H2,1-8H3/p+1. The highest BCUT2D eigenvalue weighted by Gasteiger charge is 2.46. The van der Waals surface area contributed by atoms with E-state index in [1.807, 2.05) is 36.4 Å². The molecular weight excluding hydrogens is 713 g/mol. The third-order valence-corrected chi connectivity index (χ3v) is 12.8. The number of rotatable bonds is 14. The van der Waals surface area contributed by atoms with E-state index in [1.54, 1.807) is 6.07 Å². The van der Waals surface area contributed by atoms with Crippen LogP contribution in [0.25, 0.3) is 0 Å². The van der Waals surface area contributed by atoms with Gasteiger partial charge in [0, 0.05) is 29.7 Å². The van der Waals surface area contributed by atoms with Crippen molar-refractivity contribution in [3.63, 3.8) is 0 Å². The van der Waals surface area contributed by atoms with Crippen LogP contribution in [-0.4, -0.2) is 36.3 Å². The molecule has 1 aliphatic carbocycles. The van der Waals surface area contributed by atoms with Crippen LogP contribution in [-0.2, 0) is 20.9 Å². The number of para-hydroxylation sites is 2. The second-order valence-corrected chi connectivity index (χ2v) is 19.5. The summed E-state index contributed by atoms with van der Waals surface area (Å²) in [5.41, 5.74) is 9.11. The highest BCUT2D eigenvalue weighted by Crippen LogP contribution is 2.43. The van der Waals surface area contributed by atoms with Crippen molar-refractivity contribution in [3.8, 4) is 5.75 Å². The van der Waals surface area contributed by atoms with Crippen LogP contribution in [0.5, 0.6) is 5.75 Å². The third kappa shape index (κ3) is 9.06. The summed E-state index contributed by atoms with van der Waals surface area (Å²) in [7, 11) is -4.60. The lowest BCUT2D eigenvalue weighted by Gasteiger charge is -2.23. The second-order valence-electron chi connectivity index (χ2n) is 18.1. The maximum Gasteiger partial charge on any atom is 0.209 e. The van der Waals surface area contributed by atoms with Crippen LogP contribution in [0.2, 0.25) is 0 Å². The molecule has 7 heteroatoms. The Labute approximate surface area is 337 Å². The minimum absolute atomic E-state index is 0.0977. The molecule has 6 rings (SSSR count). The molecule has 0 amide bonds. The van der Waals surface area contributed by atoms with Gasteiger partial charge in [-0.15, -0.1) is 0 Å². The van der Waals surface area contributed by atoms with Gasteiger partial charge < -0.3 is 9.29 Å². The summed E-state index contributed by atoms with van der Waals surface area (Å²) in [5.74, 6) is 1.71. The number of ether oxygens (including phenoxy) is 1. The number of quaternary nitrogens is 1. The van der Waals surface area contributed by atoms with E-state index in [1.165, 1.54) is 39.9 Å². The Hall–Kier alpha value is -4.04. The summed E-state index contributed by atoms with van der Waals surface area (Å²) in [6, 6.07) is 23.9. The number of nitrogens with zero attached hydrogens (tertiary/aromatic N) is 1. The van der Waals surface area contributed by atoms with Crippen LogP contribution in [0, 0.1) is 5.41 Å². The number of benzene rings is 3. The summed E-state index contributed by atoms with van der Waals surface area (Å²) in [6.07, 6.45) is 18.7. The maximum absolute atomic E-state index is 12.2. The van der Waals surface area contributed by atoms with Crippen molar-refractivity contribution in [2.45, 2.75) is 129 Å². The van der Waals surface area contributed by atoms with E-state index >= 15 is 0 Å². The normalized spacial score (nSPS) is 20.7. The number of unbranched alkanes of at least 4 members (excludes halogenated alkanes) is 3. The van der Waals surface area contributed by atoms with E-state index < -0.39 is 15.5 Å². The fourth-order valence-corrected chi connectivity index (χ4v) is 9.36. The quantitative estimate of drug-likeness (QED) is 0.101. The van der Waals surface area contributed by atoms with Crippen molar-refractivity contribution in [2.75, 3.05) is 13.1 Å². The van der Waals surface area contributed by atoms with Crippen molar-refractivity contribution < 1.29 is 27.2 Å². The molecule has 1 atom stereocenters. The molecule has 298 valence electrons. The zero-order valence-electron chi connectivity index (χ0n) is 35.0. The van der Waals surface area contributed by atoms with Gasteiger partial charge in [0.2, 0.25) is 5.69 Å². The van der Waals surface area contributed by atoms with Crippen LogP contribution < -0.4 is 9.64 Å². The van der Waals surface area contributed by atoms with Gasteiger partial charge in [-0.2, -0.15) is 4.58 Å². The molecule has 2 aliphatic heterocycles. The Morgan fingerprint density at radius 1 is 0.839 bits per heavy atom. The number of hydrogen-bond donors (Lipinski definition) is 1. The molecule has 2 heterocycles. The van der Waals surface area contributed by atoms with Gasteiger partial charge in [0.25, 0.3) is 0 Å². The highest BCUT2D eigenvalue weighted by molar-refractivity contribution is 7.85. The predicted octanol–water partition coefficient (Wildman–Crippen LogP) is 10.8. The molecule has 0 aromatic heterocycles. The average Bonchev–Trinajstić information content (AvgIpc) is 3.50. The van der Waals surface area contributed by atoms with E-state index in [0.29, 0.717) is 5.41 Å². The first-order valence-electron chi connectivity index (χ1n) is 20.8. The molecule has 0 bridgehead atoms. The van der Waals surface area contributed by atoms with Crippen LogP contribution in [0.1, 0.15) is 124 Å². The zero-order valence-corrected chi connectivity index (χ0v) is 35.8. The number of fused-ring (bicyclic) bond motifs is 2. The van der Waals surface area contributed by atoms with Crippen molar-refractivity contribution in [3.05, 3.63) is 131 Å². The number of allylic oxidation sites excluding steroid dienone is 7. The molecule has 0 saturated carbocycles. The van der Waals surface area contributed by atoms with E-state index in [4.69, 9.17) is 4.74 Å². The zero-order chi connectivity index (χ0) is 40.3. The topological polar surface area (TPSA) is 73.9 Å². The summed E-state index contributed by atoms with van der Waals surface area (Å²) in [4.78, 5) is 1.28. The van der Waals surface area contributed by atoms with Crippen molar-refractivity contribution >= 4 is 27.2 Å². The van der Waals surface area contributed by atoms with Crippen molar-refractivity contribution in [1.29, 1.82) is 0 Å². The van der Waals surface area contributed by atoms with Gasteiger partial charge in [0.15, 0.2) is 5.71 Å². The molecule has 0 saturated heterocycles. The monoisotopic (exact) mass is 775 g/mol. The highest BCUT2D eigenvalue weighted by atomic mass is 32.2. The third-order valence-electron chi connectivity index (χ3n) is 12.0. The summed E-state index contributed by atoms with van der Waals surface area (Å²) < 4.78 is 45.6. The van der Waals surface area contributed by atoms with Gasteiger partial charge in [0.1, 0.15) is 39.6 Å². The SMILES string of the molecule is CCCC[NH+]1/C(=C/C=C2\CCCC(/C=C/C3=[N+](CCCCCC(C)(C)C)c4ccc(S(=O)(=O)[O-])cc4C3(C)C)=C2Oc2ccccc2)C(C)(C)c2ccccc21. The first-order chi connectivity index (χ1) is 26.5. The molecule has 0 radical (unpaired) electrons. The Bertz CT molecular complexity index is 2180. The van der Waals surface area contributed by atoms with E-state index in [0.717, 1.165) is 98.5 Å². The lowest BCUT2D eigenvalue weighted by atomic mass is 9.81. The van der Waals surface area contributed by atoms with Gasteiger partial charge >= 0.3 is 0 Å². The van der Waals surface area contributed by atoms with E-state index in [9.17, 15) is 13.0 Å². The molecule has 3 aromatic carbocycles. The molecule has 6 nitrogen and oxygen atoms in total. The van der Waals surface area contributed by atoms with Gasteiger partial charge in [-0.05, 0) is 131 Å². The van der Waals surface area contributed by atoms with Gasteiger partial charge in [-0.3, -0.25) is 4.90 Å². The van der Waals surface area contributed by atoms with Crippen LogP contribution in [0.3, 0.4) is 0 Å². The molecule has 3 aromatic rings. The Morgan fingerprint density at radius 2 is 1.57 bits per heavy atom. The van der Waals surface area contributed by atoms with Crippen LogP contribution in [0.4, 0.5) is 11.4 Å². The first-order valence-corrected chi connectivity index (χ1v) is 22.2. The number of nitrogens with one attached hydrogen (secondary N) is 1. The van der Waals surface area contributed by atoms with E-state index in [2.05, 4.69) is 109 Å². The van der Waals surface area contributed by atoms with E-state index in [-0.39, 0.29) is 10.3 Å². The minimum atomic E-state index is -4.60. The molecule has 1 unspecified atom stereocenters. The fourth-order valence-electron chi connectivity index (χ4n) is 8.87. The Kier molecular flexibility index (Phi) is 12.5. The van der Waals surface area contributed by atoms with Crippen LogP contribution >= 0.6 is 0 Å². The smallest absolute Gasteiger partial charge is 0.209 e. The fraction of sp³-hybridized carbons (Fsp3) is 0.449. The predicted molar refractivity (Wildman–Crippen MR) is 228 cm³/mol. The Balaban J connectivity index is 1.42. The van der Waals surface area contributed by atoms with Crippen molar-refractivity contribution in [2.24, 2.45) is 5.41 Å². The molecule has 0 spiro atoms. The maximum atomic E-state index is 12.2. The summed E-state index contributed by atoms with van der Waals surface area (Å²) in [6.45, 7) is 20.0. The van der Waals surface area contributed by atoms with Gasteiger partial charge in [0.05, 0.1) is 22.3 Å². The molecule has 56 heavy (non-hydrogen) atoms. The second kappa shape index (κ2) is 16.8. The van der Waals surface area contributed by atoms with Gasteiger partial charge in [-0.1, -0.05) is 76.9 Å². The summed E-state index contributed by atoms with van der Waals surface area (Å²) in [5, 5.41) is 0. The molecule has 0 fully saturated rings. The Morgan fingerprint density at radius 3 is 2.29 bits per heavy atom. The molecular formula is C49H63N2O4S+. The first kappa shape index (κ1) is 41.6. The van der Waals surface area contributed by atoms with Gasteiger partial charge in [-0.25, -0.2) is 8.42 Å². The lowest BCUT2D eigenvalue weighted by molar-refractivity contribution is -0.789. The molecule has 1 N–H and O–H groups in total. The average molecular weight is 776 g/mol. The number of hydrogen-bond acceptors (Lipinski definition) is 4. The largest absolute Gasteiger partial charge is 0.744 e. The van der Waals surface area contributed by atoms with Crippen molar-refractivity contribution in [1.82, 2.24) is 0 Å². The molecule has 3 aliphatic rings. The summed E-state index contributed by atoms with van der Waals surface area (Å²) >= 11 is 0. The lowest BCUT2D eigenvalue weighted by Crippen LogP contribution is -3.04.